The molecule has 0 aromatic carbocycles. The molecule has 0 radical (unpaired) electrons. The van der Waals surface area contributed by atoms with Crippen LogP contribution in [0.25, 0.3) is 22.2 Å². The minimum absolute atomic E-state index is 0.314. The summed E-state index contributed by atoms with van der Waals surface area (Å²) < 4.78 is 2.43. The van der Waals surface area contributed by atoms with Gasteiger partial charge >= 0.3 is 0 Å². The molecule has 0 aliphatic heterocycles. The maximum Gasteiger partial charge on any atom is 0.138 e. The van der Waals surface area contributed by atoms with Crippen LogP contribution in [-0.4, -0.2) is 14.5 Å². The SMILES string of the molecule is Cc1cnc2[nH]cc3c2c1-c1ccn(C(CC#N)C2CCCC2)c1C3. The van der Waals surface area contributed by atoms with E-state index in [1.165, 1.54) is 59.0 Å². The summed E-state index contributed by atoms with van der Waals surface area (Å²) in [7, 11) is 0. The van der Waals surface area contributed by atoms with Gasteiger partial charge in [-0.2, -0.15) is 5.26 Å². The second-order valence-electron chi connectivity index (χ2n) is 7.59. The number of pyridine rings is 1. The number of hydrogen-bond donors (Lipinski definition) is 1. The van der Waals surface area contributed by atoms with Crippen LogP contribution in [0.3, 0.4) is 0 Å². The van der Waals surface area contributed by atoms with Gasteiger partial charge < -0.3 is 9.55 Å². The summed E-state index contributed by atoms with van der Waals surface area (Å²) in [5.41, 5.74) is 7.56. The van der Waals surface area contributed by atoms with Crippen molar-refractivity contribution in [2.45, 2.75) is 51.5 Å². The molecule has 0 amide bonds. The van der Waals surface area contributed by atoms with Gasteiger partial charge in [-0.15, -0.1) is 0 Å². The van der Waals surface area contributed by atoms with Crippen molar-refractivity contribution in [2.75, 3.05) is 0 Å². The van der Waals surface area contributed by atoms with Gasteiger partial charge in [-0.05, 0) is 48.4 Å². The molecule has 1 N–H and O–H groups in total. The van der Waals surface area contributed by atoms with Gasteiger partial charge in [0, 0.05) is 47.7 Å². The highest BCUT2D eigenvalue weighted by atomic mass is 15.0. The fourth-order valence-corrected chi connectivity index (χ4v) is 5.06. The second kappa shape index (κ2) is 5.49. The summed E-state index contributed by atoms with van der Waals surface area (Å²) in [5, 5.41) is 10.7. The van der Waals surface area contributed by atoms with E-state index in [2.05, 4.69) is 46.0 Å². The first-order chi connectivity index (χ1) is 12.3. The molecule has 1 saturated carbocycles. The van der Waals surface area contributed by atoms with Crippen LogP contribution < -0.4 is 0 Å². The molecule has 126 valence electrons. The number of fused-ring (bicyclic) bond motifs is 2. The molecule has 3 aromatic rings. The molecule has 0 saturated heterocycles. The minimum atomic E-state index is 0.314. The molecular formula is C21H22N4. The Hall–Kier alpha value is -2.54. The van der Waals surface area contributed by atoms with Crippen molar-refractivity contribution in [3.8, 4) is 17.2 Å². The van der Waals surface area contributed by atoms with Crippen LogP contribution in [-0.2, 0) is 6.42 Å². The number of nitriles is 1. The molecular weight excluding hydrogens is 308 g/mol. The molecule has 2 aliphatic carbocycles. The van der Waals surface area contributed by atoms with Crippen LogP contribution in [0.2, 0.25) is 0 Å². The van der Waals surface area contributed by atoms with E-state index in [9.17, 15) is 5.26 Å². The lowest BCUT2D eigenvalue weighted by molar-refractivity contribution is 0.334. The Morgan fingerprint density at radius 2 is 2.24 bits per heavy atom. The second-order valence-corrected chi connectivity index (χ2v) is 7.59. The largest absolute Gasteiger partial charge is 0.346 e. The molecule has 5 rings (SSSR count). The van der Waals surface area contributed by atoms with Crippen LogP contribution in [0.15, 0.2) is 24.7 Å². The molecule has 3 heterocycles. The van der Waals surface area contributed by atoms with Gasteiger partial charge in [-0.25, -0.2) is 4.98 Å². The molecule has 1 unspecified atom stereocenters. The molecule has 0 spiro atoms. The Balaban J connectivity index is 1.68. The first-order valence-corrected chi connectivity index (χ1v) is 9.30. The van der Waals surface area contributed by atoms with Crippen molar-refractivity contribution < 1.29 is 0 Å². The zero-order valence-electron chi connectivity index (χ0n) is 14.5. The highest BCUT2D eigenvalue weighted by Gasteiger charge is 2.31. The molecule has 0 bridgehead atoms. The lowest BCUT2D eigenvalue weighted by atomic mass is 9.89. The van der Waals surface area contributed by atoms with Gasteiger partial charge in [0.25, 0.3) is 0 Å². The van der Waals surface area contributed by atoms with E-state index in [1.54, 1.807) is 0 Å². The fraction of sp³-hybridized carbons (Fsp3) is 0.429. The van der Waals surface area contributed by atoms with Crippen LogP contribution in [0.1, 0.15) is 55.0 Å². The average molecular weight is 330 g/mol. The smallest absolute Gasteiger partial charge is 0.138 e. The lowest BCUT2D eigenvalue weighted by Gasteiger charge is -2.27. The molecule has 25 heavy (non-hydrogen) atoms. The van der Waals surface area contributed by atoms with Crippen LogP contribution in [0.4, 0.5) is 0 Å². The quantitative estimate of drug-likeness (QED) is 0.581. The number of hydrogen-bond acceptors (Lipinski definition) is 2. The fourth-order valence-electron chi connectivity index (χ4n) is 5.06. The monoisotopic (exact) mass is 330 g/mol. The topological polar surface area (TPSA) is 57.4 Å². The summed E-state index contributed by atoms with van der Waals surface area (Å²) in [6.07, 6.45) is 13.0. The minimum Gasteiger partial charge on any atom is -0.346 e. The van der Waals surface area contributed by atoms with E-state index < -0.39 is 0 Å². The van der Waals surface area contributed by atoms with E-state index in [0.717, 1.165) is 12.1 Å². The van der Waals surface area contributed by atoms with Crippen molar-refractivity contribution in [1.82, 2.24) is 14.5 Å². The zero-order chi connectivity index (χ0) is 17.0. The van der Waals surface area contributed by atoms with Gasteiger partial charge in [0.1, 0.15) is 5.65 Å². The first-order valence-electron chi connectivity index (χ1n) is 9.30. The predicted octanol–water partition coefficient (Wildman–Crippen LogP) is 4.89. The summed E-state index contributed by atoms with van der Waals surface area (Å²) in [6, 6.07) is 5.02. The van der Waals surface area contributed by atoms with E-state index in [4.69, 9.17) is 0 Å². The highest BCUT2D eigenvalue weighted by Crippen LogP contribution is 2.44. The van der Waals surface area contributed by atoms with Gasteiger partial charge in [0.15, 0.2) is 0 Å². The van der Waals surface area contributed by atoms with Crippen molar-refractivity contribution in [3.63, 3.8) is 0 Å². The maximum atomic E-state index is 9.42. The highest BCUT2D eigenvalue weighted by molar-refractivity contribution is 6.00. The van der Waals surface area contributed by atoms with E-state index in [1.807, 2.05) is 6.20 Å². The summed E-state index contributed by atoms with van der Waals surface area (Å²) >= 11 is 0. The van der Waals surface area contributed by atoms with Crippen molar-refractivity contribution in [2.24, 2.45) is 5.92 Å². The number of aromatic nitrogens is 3. The van der Waals surface area contributed by atoms with Crippen LogP contribution in [0.5, 0.6) is 0 Å². The average Bonchev–Trinajstić information content (AvgIpc) is 3.35. The predicted molar refractivity (Wildman–Crippen MR) is 98.3 cm³/mol. The normalized spacial score (nSPS) is 17.6. The Bertz CT molecular complexity index is 995. The number of aryl methyl sites for hydroxylation is 1. The van der Waals surface area contributed by atoms with Gasteiger partial charge in [0.05, 0.1) is 12.5 Å². The Labute approximate surface area is 147 Å². The van der Waals surface area contributed by atoms with E-state index in [-0.39, 0.29) is 0 Å². The van der Waals surface area contributed by atoms with Gasteiger partial charge in [-0.1, -0.05) is 12.8 Å². The summed E-state index contributed by atoms with van der Waals surface area (Å²) in [5.74, 6) is 0.641. The molecule has 4 heteroatoms. The number of nitrogens with zero attached hydrogens (tertiary/aromatic N) is 3. The summed E-state index contributed by atoms with van der Waals surface area (Å²) in [4.78, 5) is 7.87. The molecule has 1 atom stereocenters. The van der Waals surface area contributed by atoms with Crippen LogP contribution in [0, 0.1) is 24.2 Å². The summed E-state index contributed by atoms with van der Waals surface area (Å²) in [6.45, 7) is 2.15. The Morgan fingerprint density at radius 3 is 3.04 bits per heavy atom. The molecule has 3 aromatic heterocycles. The van der Waals surface area contributed by atoms with Gasteiger partial charge in [-0.3, -0.25) is 0 Å². The zero-order valence-corrected chi connectivity index (χ0v) is 14.5. The third-order valence-corrected chi connectivity index (χ3v) is 6.23. The van der Waals surface area contributed by atoms with Crippen molar-refractivity contribution >= 4 is 11.0 Å². The van der Waals surface area contributed by atoms with E-state index >= 15 is 0 Å². The first kappa shape index (κ1) is 14.8. The molecule has 4 nitrogen and oxygen atoms in total. The number of nitrogens with one attached hydrogen (secondary N) is 1. The molecule has 1 fully saturated rings. The Kier molecular flexibility index (Phi) is 3.24. The number of aromatic amines is 1. The Morgan fingerprint density at radius 1 is 1.40 bits per heavy atom. The van der Waals surface area contributed by atoms with E-state index in [0.29, 0.717) is 18.4 Å². The number of H-pyrrole nitrogens is 1. The van der Waals surface area contributed by atoms with Crippen molar-refractivity contribution in [3.05, 3.63) is 41.5 Å². The molecule has 2 aliphatic rings. The third-order valence-electron chi connectivity index (χ3n) is 6.23. The standard InChI is InChI=1S/C21H22N4/c1-13-11-23-21-20-15(12-24-21)10-18-16(19(13)20)7-9-25(18)17(6-8-22)14-4-2-3-5-14/h7,9,11-12,14,17H,2-6,10H2,1H3,(H,23,24). The van der Waals surface area contributed by atoms with Crippen molar-refractivity contribution in [1.29, 1.82) is 5.26 Å². The lowest BCUT2D eigenvalue weighted by Crippen LogP contribution is -2.19. The number of rotatable bonds is 3. The van der Waals surface area contributed by atoms with Crippen LogP contribution >= 0.6 is 0 Å². The third kappa shape index (κ3) is 2.08. The maximum absolute atomic E-state index is 9.42. The van der Waals surface area contributed by atoms with Gasteiger partial charge in [0.2, 0.25) is 0 Å².